The van der Waals surface area contributed by atoms with Gasteiger partial charge in [-0.3, -0.25) is 0 Å². The van der Waals surface area contributed by atoms with Crippen LogP contribution in [0.3, 0.4) is 0 Å². The number of carbonyl (C=O) groups excluding carboxylic acids is 1. The van der Waals surface area contributed by atoms with E-state index in [1.54, 1.807) is 0 Å². The Morgan fingerprint density at radius 1 is 1.50 bits per heavy atom. The number of nitrogens with zero attached hydrogens (tertiary/aromatic N) is 1. The molecule has 1 unspecified atom stereocenters. The van der Waals surface area contributed by atoms with Crippen molar-refractivity contribution in [2.24, 2.45) is 5.92 Å². The summed E-state index contributed by atoms with van der Waals surface area (Å²) in [6.07, 6.45) is 2.19. The monoisotopic (exact) mass is 229 g/mol. The predicted octanol–water partition coefficient (Wildman–Crippen LogP) is -4.59. The van der Waals surface area contributed by atoms with Gasteiger partial charge in [0.15, 0.2) is 0 Å². The Morgan fingerprint density at radius 3 is 2.50 bits per heavy atom. The smallest absolute Gasteiger partial charge is 0.550 e. The molecule has 1 fully saturated rings. The van der Waals surface area contributed by atoms with Crippen molar-refractivity contribution in [3.8, 4) is 0 Å². The molecule has 76 valence electrons. The molecule has 1 rings (SSSR count). The van der Waals surface area contributed by atoms with Gasteiger partial charge < -0.3 is 9.90 Å². The molecule has 0 aromatic heterocycles. The molecular formula is C7H12NNaO4S. The number of piperidine rings is 1. The van der Waals surface area contributed by atoms with E-state index in [1.165, 1.54) is 4.31 Å². The van der Waals surface area contributed by atoms with Crippen LogP contribution in [0.1, 0.15) is 12.8 Å². The van der Waals surface area contributed by atoms with Gasteiger partial charge in [-0.05, 0) is 12.8 Å². The average molecular weight is 229 g/mol. The summed E-state index contributed by atoms with van der Waals surface area (Å²) >= 11 is 0. The van der Waals surface area contributed by atoms with Gasteiger partial charge in [0.1, 0.15) is 0 Å². The molecule has 1 aliphatic rings. The van der Waals surface area contributed by atoms with Crippen LogP contribution in [0, 0.1) is 5.92 Å². The number of aliphatic carboxylic acids is 1. The van der Waals surface area contributed by atoms with Gasteiger partial charge in [0.2, 0.25) is 10.0 Å². The zero-order valence-corrected chi connectivity index (χ0v) is 11.2. The van der Waals surface area contributed by atoms with Crippen LogP contribution in [0.4, 0.5) is 0 Å². The fraction of sp³-hybridized carbons (Fsp3) is 0.857. The average Bonchev–Trinajstić information content (AvgIpc) is 2.03. The Hall–Kier alpha value is 0.380. The Bertz CT molecular complexity index is 303. The van der Waals surface area contributed by atoms with Gasteiger partial charge in [-0.2, -0.15) is 0 Å². The van der Waals surface area contributed by atoms with E-state index < -0.39 is 21.9 Å². The third kappa shape index (κ3) is 3.86. The molecule has 0 bridgehead atoms. The van der Waals surface area contributed by atoms with E-state index >= 15 is 0 Å². The number of rotatable bonds is 2. The maximum Gasteiger partial charge on any atom is 1.00 e. The van der Waals surface area contributed by atoms with E-state index in [2.05, 4.69) is 0 Å². The number of carboxylic acids is 1. The zero-order chi connectivity index (χ0) is 10.1. The summed E-state index contributed by atoms with van der Waals surface area (Å²) in [5, 5.41) is 10.5. The normalized spacial score (nSPS) is 23.9. The van der Waals surface area contributed by atoms with Crippen molar-refractivity contribution in [1.29, 1.82) is 0 Å². The second-order valence-corrected chi connectivity index (χ2v) is 5.26. The third-order valence-electron chi connectivity index (χ3n) is 2.19. The van der Waals surface area contributed by atoms with Gasteiger partial charge >= 0.3 is 29.6 Å². The first kappa shape index (κ1) is 14.4. The van der Waals surface area contributed by atoms with Gasteiger partial charge in [-0.15, -0.1) is 0 Å². The molecule has 1 atom stereocenters. The van der Waals surface area contributed by atoms with E-state index in [1.807, 2.05) is 0 Å². The maximum atomic E-state index is 11.1. The molecule has 1 saturated heterocycles. The largest absolute Gasteiger partial charge is 1.00 e. The molecule has 0 aliphatic carbocycles. The van der Waals surface area contributed by atoms with E-state index in [9.17, 15) is 18.3 Å². The number of hydrogen-bond acceptors (Lipinski definition) is 4. The fourth-order valence-electron chi connectivity index (χ4n) is 1.44. The van der Waals surface area contributed by atoms with Crippen LogP contribution >= 0.6 is 0 Å². The molecule has 0 spiro atoms. The molecule has 0 aromatic carbocycles. The Kier molecular flexibility index (Phi) is 5.61. The fourth-order valence-corrected chi connectivity index (χ4v) is 2.35. The molecule has 0 N–H and O–H groups in total. The minimum atomic E-state index is -3.25. The Labute approximate surface area is 106 Å². The minimum absolute atomic E-state index is 0. The SMILES string of the molecule is CS(=O)(=O)N1CCCC(C(=O)[O-])C1.[Na+]. The molecule has 0 aromatic rings. The van der Waals surface area contributed by atoms with Crippen LogP contribution in [-0.2, 0) is 14.8 Å². The van der Waals surface area contributed by atoms with E-state index in [-0.39, 0.29) is 36.1 Å². The molecule has 7 heteroatoms. The molecular weight excluding hydrogens is 217 g/mol. The van der Waals surface area contributed by atoms with Gasteiger partial charge in [0, 0.05) is 25.0 Å². The Morgan fingerprint density at radius 2 is 2.07 bits per heavy atom. The van der Waals surface area contributed by atoms with Crippen LogP contribution in [-0.4, -0.2) is 38.0 Å². The van der Waals surface area contributed by atoms with E-state index in [0.29, 0.717) is 19.4 Å². The number of carbonyl (C=O) groups is 1. The van der Waals surface area contributed by atoms with Crippen LogP contribution in [0.5, 0.6) is 0 Å². The quantitative estimate of drug-likeness (QED) is 0.446. The van der Waals surface area contributed by atoms with Gasteiger partial charge in [0.25, 0.3) is 0 Å². The van der Waals surface area contributed by atoms with Gasteiger partial charge in [-0.25, -0.2) is 12.7 Å². The topological polar surface area (TPSA) is 77.5 Å². The molecule has 0 radical (unpaired) electrons. The molecule has 5 nitrogen and oxygen atoms in total. The standard InChI is InChI=1S/C7H13NO4S.Na/c1-13(11,12)8-4-2-3-6(5-8)7(9)10;/h6H,2-5H2,1H3,(H,9,10);/q;+1/p-1. The van der Waals surface area contributed by atoms with Crippen LogP contribution in [0.15, 0.2) is 0 Å². The summed E-state index contributed by atoms with van der Waals surface area (Å²) in [5.74, 6) is -1.81. The van der Waals surface area contributed by atoms with Crippen molar-refractivity contribution >= 4 is 16.0 Å². The van der Waals surface area contributed by atoms with Gasteiger partial charge in [-0.1, -0.05) is 0 Å². The second kappa shape index (κ2) is 5.46. The van der Waals surface area contributed by atoms with Crippen molar-refractivity contribution in [2.75, 3.05) is 19.3 Å². The molecule has 1 aliphatic heterocycles. The molecule has 1 heterocycles. The van der Waals surface area contributed by atoms with Crippen molar-refractivity contribution in [3.05, 3.63) is 0 Å². The van der Waals surface area contributed by atoms with Crippen molar-refractivity contribution < 1.29 is 47.9 Å². The number of sulfonamides is 1. The summed E-state index contributed by atoms with van der Waals surface area (Å²) < 4.78 is 23.3. The van der Waals surface area contributed by atoms with Crippen LogP contribution in [0.25, 0.3) is 0 Å². The summed E-state index contributed by atoms with van der Waals surface area (Å²) in [4.78, 5) is 10.5. The summed E-state index contributed by atoms with van der Waals surface area (Å²) in [6.45, 7) is 0.476. The van der Waals surface area contributed by atoms with Crippen LogP contribution in [0.2, 0.25) is 0 Å². The molecule has 0 amide bonds. The summed E-state index contributed by atoms with van der Waals surface area (Å²) in [7, 11) is -3.25. The first-order valence-corrected chi connectivity index (χ1v) is 5.92. The molecule has 14 heavy (non-hydrogen) atoms. The first-order valence-electron chi connectivity index (χ1n) is 4.07. The minimum Gasteiger partial charge on any atom is -0.550 e. The zero-order valence-electron chi connectivity index (χ0n) is 8.39. The van der Waals surface area contributed by atoms with Crippen molar-refractivity contribution in [3.63, 3.8) is 0 Å². The van der Waals surface area contributed by atoms with E-state index in [4.69, 9.17) is 0 Å². The van der Waals surface area contributed by atoms with Crippen LogP contribution < -0.4 is 34.7 Å². The summed E-state index contributed by atoms with van der Waals surface area (Å²) in [5.41, 5.74) is 0. The van der Waals surface area contributed by atoms with Crippen molar-refractivity contribution in [1.82, 2.24) is 4.31 Å². The Balaban J connectivity index is 0.00000169. The maximum absolute atomic E-state index is 11.1. The molecule has 0 saturated carbocycles. The van der Waals surface area contributed by atoms with Gasteiger partial charge in [0.05, 0.1) is 6.26 Å². The van der Waals surface area contributed by atoms with Crippen molar-refractivity contribution in [2.45, 2.75) is 12.8 Å². The summed E-state index contributed by atoms with van der Waals surface area (Å²) in [6, 6.07) is 0. The second-order valence-electron chi connectivity index (χ2n) is 3.28. The van der Waals surface area contributed by atoms with E-state index in [0.717, 1.165) is 6.26 Å². The number of hydrogen-bond donors (Lipinski definition) is 0. The first-order chi connectivity index (χ1) is 5.91. The number of carboxylic acid groups (broad SMARTS) is 1. The third-order valence-corrected chi connectivity index (χ3v) is 3.46. The predicted molar refractivity (Wildman–Crippen MR) is 44.1 cm³/mol.